The number of nitrogens with zero attached hydrogens (tertiary/aromatic N) is 1. The number of methoxy groups -OCH3 is 1. The quantitative estimate of drug-likeness (QED) is 0.709. The number of carbonyl (C=O) groups excluding carboxylic acids is 1. The molecule has 0 saturated heterocycles. The SMILES string of the molecule is CCN(CC)CCc1cc(OC)c2c(c1)S(O)(O)C(C(N)=O)=C2. The van der Waals surface area contributed by atoms with Crippen LogP contribution in [0, 0.1) is 0 Å². The van der Waals surface area contributed by atoms with Gasteiger partial charge in [-0.05, 0) is 43.3 Å². The van der Waals surface area contributed by atoms with Crippen molar-refractivity contribution in [1.82, 2.24) is 4.90 Å². The molecule has 7 heteroatoms. The van der Waals surface area contributed by atoms with E-state index in [0.717, 1.165) is 31.6 Å². The van der Waals surface area contributed by atoms with Crippen LogP contribution in [0.15, 0.2) is 21.9 Å². The first-order chi connectivity index (χ1) is 10.8. The van der Waals surface area contributed by atoms with Gasteiger partial charge in [0.05, 0.1) is 12.0 Å². The summed E-state index contributed by atoms with van der Waals surface area (Å²) in [7, 11) is -1.84. The summed E-state index contributed by atoms with van der Waals surface area (Å²) >= 11 is 0. The van der Waals surface area contributed by atoms with Gasteiger partial charge in [0, 0.05) is 12.1 Å². The fourth-order valence-corrected chi connectivity index (χ4v) is 4.30. The highest BCUT2D eigenvalue weighted by Crippen LogP contribution is 2.63. The van der Waals surface area contributed by atoms with Crippen molar-refractivity contribution in [2.75, 3.05) is 26.7 Å². The second-order valence-electron chi connectivity index (χ2n) is 5.41. The number of hydrogen-bond donors (Lipinski definition) is 3. The number of fused-ring (bicyclic) bond motifs is 1. The summed E-state index contributed by atoms with van der Waals surface area (Å²) in [5, 5.41) is 0. The lowest BCUT2D eigenvalue weighted by atomic mass is 10.1. The number of hydrogen-bond acceptors (Lipinski definition) is 5. The fraction of sp³-hybridized carbons (Fsp3) is 0.438. The van der Waals surface area contributed by atoms with Crippen LogP contribution in [-0.2, 0) is 11.2 Å². The van der Waals surface area contributed by atoms with Gasteiger partial charge in [0.25, 0.3) is 5.91 Å². The molecule has 1 aliphatic heterocycles. The zero-order chi connectivity index (χ0) is 17.2. The zero-order valence-electron chi connectivity index (χ0n) is 13.7. The number of nitrogens with two attached hydrogens (primary N) is 1. The van der Waals surface area contributed by atoms with Crippen molar-refractivity contribution in [2.45, 2.75) is 25.2 Å². The van der Waals surface area contributed by atoms with Gasteiger partial charge >= 0.3 is 0 Å². The Morgan fingerprint density at radius 3 is 2.48 bits per heavy atom. The summed E-state index contributed by atoms with van der Waals surface area (Å²) < 4.78 is 26.1. The minimum atomic E-state index is -3.36. The number of primary amides is 1. The smallest absolute Gasteiger partial charge is 0.265 e. The number of amides is 1. The van der Waals surface area contributed by atoms with Crippen LogP contribution in [0.1, 0.15) is 25.0 Å². The minimum Gasteiger partial charge on any atom is -0.496 e. The van der Waals surface area contributed by atoms with Crippen molar-refractivity contribution < 1.29 is 18.6 Å². The van der Waals surface area contributed by atoms with Crippen LogP contribution in [0.25, 0.3) is 6.08 Å². The normalized spacial score (nSPS) is 16.9. The van der Waals surface area contributed by atoms with Gasteiger partial charge in [-0.3, -0.25) is 13.9 Å². The highest BCUT2D eigenvalue weighted by atomic mass is 32.3. The molecule has 0 bridgehead atoms. The van der Waals surface area contributed by atoms with E-state index in [2.05, 4.69) is 18.7 Å². The first-order valence-corrected chi connectivity index (χ1v) is 9.12. The van der Waals surface area contributed by atoms with Crippen LogP contribution in [0.5, 0.6) is 5.75 Å². The Bertz CT molecular complexity index is 639. The molecule has 0 saturated carbocycles. The molecule has 128 valence electrons. The summed E-state index contributed by atoms with van der Waals surface area (Å²) in [4.78, 5) is 13.9. The average Bonchev–Trinajstić information content (AvgIpc) is 2.79. The molecule has 4 N–H and O–H groups in total. The molecule has 1 aromatic rings. The van der Waals surface area contributed by atoms with E-state index in [9.17, 15) is 13.9 Å². The van der Waals surface area contributed by atoms with Crippen molar-refractivity contribution in [3.8, 4) is 5.75 Å². The summed E-state index contributed by atoms with van der Waals surface area (Å²) in [5.74, 6) is -0.304. The van der Waals surface area contributed by atoms with Gasteiger partial charge in [-0.15, -0.1) is 10.6 Å². The molecule has 6 nitrogen and oxygen atoms in total. The number of rotatable bonds is 7. The van der Waals surface area contributed by atoms with E-state index in [1.165, 1.54) is 13.2 Å². The molecule has 1 aliphatic rings. The molecular formula is C16H24N2O4S. The molecule has 0 atom stereocenters. The van der Waals surface area contributed by atoms with Crippen molar-refractivity contribution >= 4 is 22.6 Å². The molecule has 0 fully saturated rings. The number of carbonyl (C=O) groups is 1. The lowest BCUT2D eigenvalue weighted by Crippen LogP contribution is -2.25. The highest BCUT2D eigenvalue weighted by molar-refractivity contribution is 8.28. The van der Waals surface area contributed by atoms with Crippen LogP contribution in [0.3, 0.4) is 0 Å². The Labute approximate surface area is 138 Å². The highest BCUT2D eigenvalue weighted by Gasteiger charge is 2.35. The van der Waals surface area contributed by atoms with Gasteiger partial charge in [-0.1, -0.05) is 13.8 Å². The molecule has 0 unspecified atom stereocenters. The molecule has 1 amide bonds. The topological polar surface area (TPSA) is 96.0 Å². The van der Waals surface area contributed by atoms with E-state index in [1.807, 2.05) is 6.07 Å². The molecule has 0 radical (unpaired) electrons. The maximum Gasteiger partial charge on any atom is 0.265 e. The molecule has 1 heterocycles. The van der Waals surface area contributed by atoms with Crippen LogP contribution < -0.4 is 10.5 Å². The molecular weight excluding hydrogens is 316 g/mol. The van der Waals surface area contributed by atoms with Crippen LogP contribution in [0.4, 0.5) is 0 Å². The van der Waals surface area contributed by atoms with Gasteiger partial charge in [0.1, 0.15) is 10.7 Å². The van der Waals surface area contributed by atoms with Crippen LogP contribution >= 0.6 is 10.6 Å². The third-order valence-electron chi connectivity index (χ3n) is 4.13. The predicted octanol–water partition coefficient (Wildman–Crippen LogP) is 2.53. The summed E-state index contributed by atoms with van der Waals surface area (Å²) in [5.41, 5.74) is 6.72. The Morgan fingerprint density at radius 1 is 1.30 bits per heavy atom. The Balaban J connectivity index is 2.37. The average molecular weight is 340 g/mol. The summed E-state index contributed by atoms with van der Waals surface area (Å²) in [6, 6.07) is 3.61. The molecule has 0 aromatic heterocycles. The second-order valence-corrected chi connectivity index (χ2v) is 7.39. The standard InChI is InChI=1S/C16H24N2O4S/c1-4-18(5-2)7-6-11-8-13(22-3)12-10-15(16(17)19)23(20,21)14(12)9-11/h8-10,20-21H,4-7H2,1-3H3,(H2,17,19). The van der Waals surface area contributed by atoms with Gasteiger partial charge in [-0.25, -0.2) is 0 Å². The van der Waals surface area contributed by atoms with E-state index < -0.39 is 16.5 Å². The van der Waals surface area contributed by atoms with E-state index in [0.29, 0.717) is 16.2 Å². The Hall–Kier alpha value is -1.54. The molecule has 1 aromatic carbocycles. The third-order valence-corrected chi connectivity index (χ3v) is 6.01. The number of benzene rings is 1. The maximum absolute atomic E-state index is 11.5. The van der Waals surface area contributed by atoms with Gasteiger partial charge in [0.15, 0.2) is 0 Å². The Morgan fingerprint density at radius 2 is 1.96 bits per heavy atom. The predicted molar refractivity (Wildman–Crippen MR) is 92.8 cm³/mol. The number of likely N-dealkylation sites (N-methyl/N-ethyl adjacent to an activating group) is 1. The Kier molecular flexibility index (Phi) is 5.36. The van der Waals surface area contributed by atoms with E-state index in [4.69, 9.17) is 10.5 Å². The first-order valence-electron chi connectivity index (χ1n) is 7.58. The van der Waals surface area contributed by atoms with Crippen LogP contribution in [0.2, 0.25) is 0 Å². The molecule has 0 spiro atoms. The van der Waals surface area contributed by atoms with Crippen LogP contribution in [-0.4, -0.2) is 46.7 Å². The maximum atomic E-state index is 11.5. The summed E-state index contributed by atoms with van der Waals surface area (Å²) in [6.07, 6.45) is 2.17. The van der Waals surface area contributed by atoms with E-state index in [1.54, 1.807) is 6.07 Å². The first kappa shape index (κ1) is 17.8. The molecule has 23 heavy (non-hydrogen) atoms. The van der Waals surface area contributed by atoms with E-state index >= 15 is 0 Å². The van der Waals surface area contributed by atoms with Crippen molar-refractivity contribution in [3.05, 3.63) is 28.2 Å². The molecule has 2 rings (SSSR count). The van der Waals surface area contributed by atoms with Gasteiger partial charge < -0.3 is 15.4 Å². The fourth-order valence-electron chi connectivity index (χ4n) is 2.72. The molecule has 0 aliphatic carbocycles. The number of ether oxygens (including phenoxy) is 1. The third kappa shape index (κ3) is 3.37. The second kappa shape index (κ2) is 6.92. The van der Waals surface area contributed by atoms with Crippen molar-refractivity contribution in [2.24, 2.45) is 5.73 Å². The van der Waals surface area contributed by atoms with E-state index in [-0.39, 0.29) is 4.91 Å². The largest absolute Gasteiger partial charge is 0.496 e. The minimum absolute atomic E-state index is 0.160. The van der Waals surface area contributed by atoms with Crippen molar-refractivity contribution in [1.29, 1.82) is 0 Å². The summed E-state index contributed by atoms with van der Waals surface area (Å²) in [6.45, 7) is 6.99. The lowest BCUT2D eigenvalue weighted by Gasteiger charge is -2.30. The van der Waals surface area contributed by atoms with Gasteiger partial charge in [0.2, 0.25) is 0 Å². The monoisotopic (exact) mass is 340 g/mol. The lowest BCUT2D eigenvalue weighted by molar-refractivity contribution is -0.113. The zero-order valence-corrected chi connectivity index (χ0v) is 14.5. The van der Waals surface area contributed by atoms with Crippen molar-refractivity contribution in [3.63, 3.8) is 0 Å². The van der Waals surface area contributed by atoms with Gasteiger partial charge in [-0.2, -0.15) is 0 Å².